The lowest BCUT2D eigenvalue weighted by atomic mass is 10.0. The average Bonchev–Trinajstić information content (AvgIpc) is 3.24. The van der Waals surface area contributed by atoms with Gasteiger partial charge in [0.25, 0.3) is 0 Å². The number of nitrogens with one attached hydrogen (secondary N) is 1. The molecule has 0 spiro atoms. The Morgan fingerprint density at radius 1 is 0.517 bits per heavy atom. The summed E-state index contributed by atoms with van der Waals surface area (Å²) in [5.41, 5.74) is 0. The molecule has 0 heterocycles. The minimum atomic E-state index is -0.834. The Hall–Kier alpha value is -4.00. The number of ether oxygens (including phenoxy) is 1. The van der Waals surface area contributed by atoms with Gasteiger partial charge in [-0.25, -0.2) is 0 Å². The first kappa shape index (κ1) is 56.0. The first-order chi connectivity index (χ1) is 29.5. The van der Waals surface area contributed by atoms with E-state index in [9.17, 15) is 19.8 Å². The summed E-state index contributed by atoms with van der Waals surface area (Å²) in [4.78, 5) is 26.0. The van der Waals surface area contributed by atoms with Gasteiger partial charge in [0.1, 0.15) is 6.10 Å². The van der Waals surface area contributed by atoms with Crippen molar-refractivity contribution < 1.29 is 24.5 Å². The van der Waals surface area contributed by atoms with E-state index in [1.165, 1.54) is 64.2 Å². The van der Waals surface area contributed by atoms with Crippen LogP contribution in [0.25, 0.3) is 0 Å². The second-order valence-corrected chi connectivity index (χ2v) is 15.3. The number of rotatable bonds is 39. The molecule has 0 radical (unpaired) electrons. The van der Waals surface area contributed by atoms with Gasteiger partial charge in [-0.2, -0.15) is 0 Å². The monoisotopic (exact) mass is 828 g/mol. The molecule has 0 bridgehead atoms. The first-order valence-electron chi connectivity index (χ1n) is 23.6. The molecule has 6 heteroatoms. The standard InChI is InChI=1S/C54H85NO5/c1-4-7-10-13-16-19-22-24-25-26-27-29-32-35-38-41-44-47-54(59)60-50(45-42-39-36-33-30-21-18-15-12-9-6-3)48-53(58)55-51(49-56)52(57)46-43-40-37-34-31-28-23-20-17-14-11-8-5-2/h7,9-10,12-13,15-16,18-19,21-22,24-27,29-30,32-33,36,39,42,50-52,56-57H,4-6,8,11,14,17,20,23,28,31,34-35,37-38,40-41,43-49H2,1-3H3,(H,55,58)/b10-7-,12-9+,16-13+,18-15+,22-19+,25-24-,27-26+,30-21-,32-29+,36-33-,42-39+. The Kier molecular flexibility index (Phi) is 43.0. The highest BCUT2D eigenvalue weighted by molar-refractivity contribution is 5.77. The van der Waals surface area contributed by atoms with Crippen LogP contribution in [0, 0.1) is 0 Å². The lowest BCUT2D eigenvalue weighted by Crippen LogP contribution is -2.46. The molecule has 0 aliphatic carbocycles. The van der Waals surface area contributed by atoms with Crippen LogP contribution in [-0.4, -0.2) is 46.9 Å². The van der Waals surface area contributed by atoms with Crippen LogP contribution in [0.4, 0.5) is 0 Å². The molecule has 0 aliphatic rings. The lowest BCUT2D eigenvalue weighted by Gasteiger charge is -2.24. The summed E-state index contributed by atoms with van der Waals surface area (Å²) in [5, 5.41) is 23.6. The summed E-state index contributed by atoms with van der Waals surface area (Å²) in [6.45, 7) is 6.11. The smallest absolute Gasteiger partial charge is 0.306 e. The van der Waals surface area contributed by atoms with Crippen LogP contribution in [0.3, 0.4) is 0 Å². The van der Waals surface area contributed by atoms with Crippen LogP contribution >= 0.6 is 0 Å². The zero-order chi connectivity index (χ0) is 43.8. The van der Waals surface area contributed by atoms with Gasteiger partial charge in [-0.3, -0.25) is 9.59 Å². The molecule has 0 rings (SSSR count). The van der Waals surface area contributed by atoms with E-state index in [4.69, 9.17) is 4.74 Å². The van der Waals surface area contributed by atoms with Gasteiger partial charge in [-0.05, 0) is 38.5 Å². The second kappa shape index (κ2) is 46.1. The summed E-state index contributed by atoms with van der Waals surface area (Å²) in [5.74, 6) is -0.676. The molecule has 0 aromatic carbocycles. The molecule has 0 aromatic rings. The molecule has 60 heavy (non-hydrogen) atoms. The summed E-state index contributed by atoms with van der Waals surface area (Å²) >= 11 is 0. The number of aliphatic hydroxyl groups is 2. The molecule has 0 saturated carbocycles. The SMILES string of the molecule is CC\C=C/C=C/C=C/C=C\C=C\C=C\CCCCCC(=O)OC(C/C=C/C=C\C=C/C=C/C=C/CC)CC(=O)NC(CO)C(O)CCCCCCCCCCCCCCC. The topological polar surface area (TPSA) is 95.9 Å². The third kappa shape index (κ3) is 40.8. The number of hydrogen-bond donors (Lipinski definition) is 3. The van der Waals surface area contributed by atoms with Gasteiger partial charge >= 0.3 is 5.97 Å². The van der Waals surface area contributed by atoms with E-state index in [0.29, 0.717) is 19.3 Å². The van der Waals surface area contributed by atoms with Gasteiger partial charge in [0.05, 0.1) is 25.2 Å². The first-order valence-corrected chi connectivity index (χ1v) is 23.6. The number of allylic oxidation sites excluding steroid dienone is 21. The third-order valence-electron chi connectivity index (χ3n) is 9.77. The molecule has 3 unspecified atom stereocenters. The number of carbonyl (C=O) groups is 2. The van der Waals surface area contributed by atoms with Crippen LogP contribution < -0.4 is 5.32 Å². The van der Waals surface area contributed by atoms with E-state index < -0.39 is 18.2 Å². The molecular formula is C54H85NO5. The highest BCUT2D eigenvalue weighted by Crippen LogP contribution is 2.15. The van der Waals surface area contributed by atoms with Crippen molar-refractivity contribution in [3.8, 4) is 0 Å². The van der Waals surface area contributed by atoms with Gasteiger partial charge in [-0.15, -0.1) is 0 Å². The molecular weight excluding hydrogens is 743 g/mol. The van der Waals surface area contributed by atoms with Crippen LogP contribution in [-0.2, 0) is 14.3 Å². The molecule has 0 fully saturated rings. The van der Waals surface area contributed by atoms with Crippen molar-refractivity contribution in [2.24, 2.45) is 0 Å². The van der Waals surface area contributed by atoms with Crippen LogP contribution in [0.5, 0.6) is 0 Å². The Morgan fingerprint density at radius 3 is 1.40 bits per heavy atom. The van der Waals surface area contributed by atoms with E-state index in [1.807, 2.05) is 115 Å². The number of amides is 1. The molecule has 0 aliphatic heterocycles. The number of hydrogen-bond acceptors (Lipinski definition) is 5. The van der Waals surface area contributed by atoms with Crippen molar-refractivity contribution in [1.29, 1.82) is 0 Å². The highest BCUT2D eigenvalue weighted by atomic mass is 16.5. The number of aliphatic hydroxyl groups excluding tert-OH is 2. The second-order valence-electron chi connectivity index (χ2n) is 15.3. The average molecular weight is 828 g/mol. The minimum absolute atomic E-state index is 0.0464. The highest BCUT2D eigenvalue weighted by Gasteiger charge is 2.23. The largest absolute Gasteiger partial charge is 0.461 e. The fourth-order valence-electron chi connectivity index (χ4n) is 6.25. The fourth-order valence-corrected chi connectivity index (χ4v) is 6.25. The third-order valence-corrected chi connectivity index (χ3v) is 9.77. The zero-order valence-corrected chi connectivity index (χ0v) is 38.0. The van der Waals surface area contributed by atoms with Gasteiger partial charge < -0.3 is 20.3 Å². The van der Waals surface area contributed by atoms with E-state index in [-0.39, 0.29) is 31.3 Å². The maximum absolute atomic E-state index is 13.1. The zero-order valence-electron chi connectivity index (χ0n) is 38.0. The van der Waals surface area contributed by atoms with Crippen molar-refractivity contribution >= 4 is 11.9 Å². The van der Waals surface area contributed by atoms with E-state index in [1.54, 1.807) is 0 Å². The minimum Gasteiger partial charge on any atom is -0.461 e. The van der Waals surface area contributed by atoms with Crippen molar-refractivity contribution in [3.05, 3.63) is 134 Å². The molecule has 6 nitrogen and oxygen atoms in total. The van der Waals surface area contributed by atoms with E-state index >= 15 is 0 Å². The maximum Gasteiger partial charge on any atom is 0.306 e. The van der Waals surface area contributed by atoms with Crippen LogP contribution in [0.1, 0.15) is 168 Å². The molecule has 0 aromatic heterocycles. The summed E-state index contributed by atoms with van der Waals surface area (Å²) in [6, 6.07) is -0.758. The van der Waals surface area contributed by atoms with Crippen molar-refractivity contribution in [2.75, 3.05) is 6.61 Å². The van der Waals surface area contributed by atoms with Gasteiger partial charge in [0, 0.05) is 12.8 Å². The summed E-state index contributed by atoms with van der Waals surface area (Å²) in [6.07, 6.45) is 65.3. The summed E-state index contributed by atoms with van der Waals surface area (Å²) < 4.78 is 5.80. The van der Waals surface area contributed by atoms with Crippen LogP contribution in [0.15, 0.2) is 134 Å². The number of esters is 1. The maximum atomic E-state index is 13.1. The predicted molar refractivity (Wildman–Crippen MR) is 259 cm³/mol. The Bertz CT molecular complexity index is 1340. The summed E-state index contributed by atoms with van der Waals surface area (Å²) in [7, 11) is 0. The number of carbonyl (C=O) groups excluding carboxylic acids is 2. The Balaban J connectivity index is 4.81. The Morgan fingerprint density at radius 2 is 0.933 bits per heavy atom. The quantitative estimate of drug-likeness (QED) is 0.0326. The van der Waals surface area contributed by atoms with E-state index in [2.05, 4.69) is 44.3 Å². The molecule has 1 amide bonds. The van der Waals surface area contributed by atoms with Gasteiger partial charge in [0.2, 0.25) is 5.91 Å². The molecule has 0 saturated heterocycles. The molecule has 3 atom stereocenters. The fraction of sp³-hybridized carbons (Fsp3) is 0.556. The van der Waals surface area contributed by atoms with Gasteiger partial charge in [0.15, 0.2) is 0 Å². The van der Waals surface area contributed by atoms with Crippen molar-refractivity contribution in [1.82, 2.24) is 5.32 Å². The van der Waals surface area contributed by atoms with E-state index in [0.717, 1.165) is 51.4 Å². The Labute approximate surface area is 367 Å². The predicted octanol–water partition coefficient (Wildman–Crippen LogP) is 13.9. The lowest BCUT2D eigenvalue weighted by molar-refractivity contribution is -0.150. The van der Waals surface area contributed by atoms with Crippen molar-refractivity contribution in [2.45, 2.75) is 187 Å². The van der Waals surface area contributed by atoms with Gasteiger partial charge in [-0.1, -0.05) is 244 Å². The number of unbranched alkanes of at least 4 members (excludes halogenated alkanes) is 15. The molecule has 336 valence electrons. The van der Waals surface area contributed by atoms with Crippen LogP contribution in [0.2, 0.25) is 0 Å². The molecule has 3 N–H and O–H groups in total. The van der Waals surface area contributed by atoms with Crippen molar-refractivity contribution in [3.63, 3.8) is 0 Å². The normalized spacial score (nSPS) is 14.6.